The third-order valence-corrected chi connectivity index (χ3v) is 7.80. The summed E-state index contributed by atoms with van der Waals surface area (Å²) >= 11 is 0. The van der Waals surface area contributed by atoms with Crippen LogP contribution in [0.5, 0.6) is 0 Å². The highest BCUT2D eigenvalue weighted by Crippen LogP contribution is 2.23. The number of nitrogens with zero attached hydrogens (tertiary/aromatic N) is 2. The molecule has 0 aromatic heterocycles. The van der Waals surface area contributed by atoms with E-state index in [4.69, 9.17) is 10.5 Å². The van der Waals surface area contributed by atoms with Crippen LogP contribution in [0.15, 0.2) is 30.3 Å². The number of hydrogen-bond acceptors (Lipinski definition) is 7. The normalized spacial score (nSPS) is 20.9. The lowest BCUT2D eigenvalue weighted by Crippen LogP contribution is -2.60. The molecule has 2 heterocycles. The minimum absolute atomic E-state index is 0.0144. The fourth-order valence-electron chi connectivity index (χ4n) is 5.16. The van der Waals surface area contributed by atoms with Crippen molar-refractivity contribution in [2.45, 2.75) is 90.6 Å². The average Bonchev–Trinajstić information content (AvgIpc) is 3.60. The molecule has 2 fully saturated rings. The van der Waals surface area contributed by atoms with Gasteiger partial charge in [0.15, 0.2) is 0 Å². The quantitative estimate of drug-likeness (QED) is 0.361. The largest absolute Gasteiger partial charge is 0.444 e. The fourth-order valence-corrected chi connectivity index (χ4v) is 5.16. The van der Waals surface area contributed by atoms with Crippen LogP contribution in [0.2, 0.25) is 0 Å². The topological polar surface area (TPSA) is 168 Å². The van der Waals surface area contributed by atoms with Crippen LogP contribution in [0.25, 0.3) is 0 Å². The van der Waals surface area contributed by atoms with Gasteiger partial charge in [-0.1, -0.05) is 64.4 Å². The first-order valence-corrected chi connectivity index (χ1v) is 14.2. The molecule has 12 heteroatoms. The van der Waals surface area contributed by atoms with Gasteiger partial charge >= 0.3 is 6.09 Å². The van der Waals surface area contributed by atoms with Gasteiger partial charge < -0.3 is 26.0 Å². The Morgan fingerprint density at radius 3 is 2.29 bits per heavy atom. The van der Waals surface area contributed by atoms with E-state index in [0.29, 0.717) is 25.8 Å². The number of nitrogens with two attached hydrogens (primary N) is 1. The van der Waals surface area contributed by atoms with Crippen molar-refractivity contribution in [2.24, 2.45) is 17.6 Å². The number of carbonyl (C=O) groups excluding carboxylic acids is 6. The van der Waals surface area contributed by atoms with Gasteiger partial charge in [0.2, 0.25) is 29.5 Å². The Morgan fingerprint density at radius 1 is 1.00 bits per heavy atom. The van der Waals surface area contributed by atoms with E-state index in [-0.39, 0.29) is 31.3 Å². The van der Waals surface area contributed by atoms with Gasteiger partial charge in [0, 0.05) is 13.0 Å². The maximum Gasteiger partial charge on any atom is 0.417 e. The molecule has 0 saturated carbocycles. The monoisotopic (exact) mass is 571 g/mol. The van der Waals surface area contributed by atoms with Crippen LogP contribution in [-0.4, -0.2) is 76.1 Å². The number of primary amides is 1. The van der Waals surface area contributed by atoms with Gasteiger partial charge in [-0.15, -0.1) is 0 Å². The van der Waals surface area contributed by atoms with E-state index in [9.17, 15) is 28.8 Å². The number of rotatable bonds is 11. The summed E-state index contributed by atoms with van der Waals surface area (Å²) in [6.45, 7) is 7.50. The molecule has 3 rings (SSSR count). The van der Waals surface area contributed by atoms with Crippen molar-refractivity contribution < 1.29 is 33.5 Å². The average molecular weight is 572 g/mol. The molecule has 0 radical (unpaired) electrons. The smallest absolute Gasteiger partial charge is 0.417 e. The predicted octanol–water partition coefficient (Wildman–Crippen LogP) is 1.46. The van der Waals surface area contributed by atoms with E-state index in [1.807, 2.05) is 13.0 Å². The van der Waals surface area contributed by atoms with Gasteiger partial charge in [0.1, 0.15) is 30.8 Å². The predicted molar refractivity (Wildman–Crippen MR) is 149 cm³/mol. The number of ether oxygens (including phenoxy) is 1. The number of imide groups is 1. The highest BCUT2D eigenvalue weighted by molar-refractivity contribution is 6.02. The molecule has 2 aliphatic heterocycles. The standard InChI is InChI=1S/C29H41N5O7/c1-5-18(4)24(27(38)31-23(17(2)3)28(39)33-15-9-12-20(33)25(30)36)32-26(37)21-13-14-22(35)34(21)29(40)41-16-19-10-7-6-8-11-19/h6-8,10-11,17-18,20-21,23-24H,5,9,12-16H2,1-4H3,(H2,30,36)(H,31,38)(H,32,37)/t18-,20-,21-,23-,24-/m0/s1. The summed E-state index contributed by atoms with van der Waals surface area (Å²) in [6.07, 6.45) is 0.780. The molecule has 12 nitrogen and oxygen atoms in total. The minimum atomic E-state index is -1.13. The van der Waals surface area contributed by atoms with Gasteiger partial charge in [0.25, 0.3) is 0 Å². The molecule has 0 aliphatic carbocycles. The molecule has 4 N–H and O–H groups in total. The molecule has 224 valence electrons. The Hall–Kier alpha value is -3.96. The van der Waals surface area contributed by atoms with Crippen molar-refractivity contribution >= 4 is 35.6 Å². The zero-order valence-corrected chi connectivity index (χ0v) is 24.1. The first-order chi connectivity index (χ1) is 19.5. The maximum absolute atomic E-state index is 13.5. The lowest BCUT2D eigenvalue weighted by atomic mass is 9.95. The van der Waals surface area contributed by atoms with E-state index in [2.05, 4.69) is 10.6 Å². The van der Waals surface area contributed by atoms with Gasteiger partial charge in [-0.25, -0.2) is 9.69 Å². The molecule has 41 heavy (non-hydrogen) atoms. The Morgan fingerprint density at radius 2 is 1.68 bits per heavy atom. The van der Waals surface area contributed by atoms with E-state index in [1.54, 1.807) is 45.0 Å². The Labute approximate surface area is 240 Å². The summed E-state index contributed by atoms with van der Waals surface area (Å²) in [6, 6.07) is 5.11. The zero-order chi connectivity index (χ0) is 30.3. The third-order valence-electron chi connectivity index (χ3n) is 7.80. The molecule has 5 atom stereocenters. The number of benzene rings is 1. The summed E-state index contributed by atoms with van der Waals surface area (Å²) in [5.41, 5.74) is 6.22. The van der Waals surface area contributed by atoms with Crippen molar-refractivity contribution in [1.82, 2.24) is 20.4 Å². The van der Waals surface area contributed by atoms with Crippen LogP contribution in [0.4, 0.5) is 4.79 Å². The first-order valence-electron chi connectivity index (χ1n) is 14.2. The zero-order valence-electron chi connectivity index (χ0n) is 24.1. The number of likely N-dealkylation sites (tertiary alicyclic amines) is 2. The van der Waals surface area contributed by atoms with Crippen LogP contribution < -0.4 is 16.4 Å². The second-order valence-corrected chi connectivity index (χ2v) is 11.1. The molecule has 0 spiro atoms. The lowest BCUT2D eigenvalue weighted by Gasteiger charge is -2.32. The highest BCUT2D eigenvalue weighted by Gasteiger charge is 2.43. The number of hydrogen-bond donors (Lipinski definition) is 3. The molecule has 1 aromatic carbocycles. The van der Waals surface area contributed by atoms with Crippen molar-refractivity contribution in [2.75, 3.05) is 6.54 Å². The Bertz CT molecular complexity index is 1140. The van der Waals surface area contributed by atoms with Crippen LogP contribution in [-0.2, 0) is 35.3 Å². The van der Waals surface area contributed by atoms with E-state index >= 15 is 0 Å². The Balaban J connectivity index is 1.71. The van der Waals surface area contributed by atoms with Crippen LogP contribution in [0, 0.1) is 11.8 Å². The summed E-state index contributed by atoms with van der Waals surface area (Å²) < 4.78 is 5.30. The second kappa shape index (κ2) is 14.1. The van der Waals surface area contributed by atoms with Crippen LogP contribution in [0.1, 0.15) is 65.4 Å². The van der Waals surface area contributed by atoms with Crippen molar-refractivity contribution in [1.29, 1.82) is 0 Å². The van der Waals surface area contributed by atoms with Gasteiger partial charge in [-0.2, -0.15) is 0 Å². The molecular formula is C29H41N5O7. The minimum Gasteiger partial charge on any atom is -0.444 e. The summed E-state index contributed by atoms with van der Waals surface area (Å²) in [7, 11) is 0. The van der Waals surface area contributed by atoms with Crippen molar-refractivity contribution in [3.05, 3.63) is 35.9 Å². The molecular weight excluding hydrogens is 530 g/mol. The van der Waals surface area contributed by atoms with Gasteiger partial charge in [0.05, 0.1) is 0 Å². The number of carbonyl (C=O) groups is 6. The second-order valence-electron chi connectivity index (χ2n) is 11.1. The maximum atomic E-state index is 13.5. The van der Waals surface area contributed by atoms with Crippen LogP contribution in [0.3, 0.4) is 0 Å². The van der Waals surface area contributed by atoms with Gasteiger partial charge in [-0.3, -0.25) is 24.0 Å². The molecule has 0 bridgehead atoms. The number of nitrogens with one attached hydrogen (secondary N) is 2. The molecule has 6 amide bonds. The molecule has 2 saturated heterocycles. The third kappa shape index (κ3) is 7.62. The van der Waals surface area contributed by atoms with E-state index < -0.39 is 59.8 Å². The SMILES string of the molecule is CC[C@H](C)[C@H](NC(=O)[C@@H]1CCC(=O)N1C(=O)OCc1ccccc1)C(=O)N[C@H](C(=O)N1CCC[C@H]1C(N)=O)C(C)C. The molecule has 2 aliphatic rings. The van der Waals surface area contributed by atoms with Crippen molar-refractivity contribution in [3.63, 3.8) is 0 Å². The van der Waals surface area contributed by atoms with E-state index in [1.165, 1.54) is 4.90 Å². The first kappa shape index (κ1) is 31.6. The van der Waals surface area contributed by atoms with Crippen LogP contribution >= 0.6 is 0 Å². The number of amides is 6. The molecule has 1 aromatic rings. The Kier molecular flexibility index (Phi) is 10.8. The summed E-state index contributed by atoms with van der Waals surface area (Å²) in [4.78, 5) is 79.7. The summed E-state index contributed by atoms with van der Waals surface area (Å²) in [5.74, 6) is -3.40. The summed E-state index contributed by atoms with van der Waals surface area (Å²) in [5, 5.41) is 5.49. The van der Waals surface area contributed by atoms with Crippen molar-refractivity contribution in [3.8, 4) is 0 Å². The van der Waals surface area contributed by atoms with Gasteiger partial charge in [-0.05, 0) is 36.7 Å². The van der Waals surface area contributed by atoms with E-state index in [0.717, 1.165) is 10.5 Å². The highest BCUT2D eigenvalue weighted by atomic mass is 16.6. The fraction of sp³-hybridized carbons (Fsp3) is 0.586. The lowest BCUT2D eigenvalue weighted by molar-refractivity contribution is -0.142. The molecule has 0 unspecified atom stereocenters.